The standard InChI is InChI=1S/C20H19FN2O5S2/c1-11(22)20(12(2)24)17-6-8-19(29-17)30(27,28)23-10-13(3-7-18(25)26)15-9-14(21)4-5-16(15)23/h4-6,8-10H,3,7,22H2,1-2H3,(H,25,26). The lowest BCUT2D eigenvalue weighted by Crippen LogP contribution is -2.10. The van der Waals surface area contributed by atoms with Gasteiger partial charge in [-0.1, -0.05) is 0 Å². The summed E-state index contributed by atoms with van der Waals surface area (Å²) in [5.41, 5.74) is 6.96. The SMILES string of the molecule is CC(=O)C(=C(C)N)c1ccc(S(=O)(=O)n2cc(CCC(=O)O)c3cc(F)ccc32)s1. The largest absolute Gasteiger partial charge is 0.481 e. The lowest BCUT2D eigenvalue weighted by molar-refractivity contribution is -0.137. The molecule has 0 aliphatic heterocycles. The molecule has 7 nitrogen and oxygen atoms in total. The number of nitrogens with zero attached hydrogens (tertiary/aromatic N) is 1. The van der Waals surface area contributed by atoms with Gasteiger partial charge in [0.1, 0.15) is 10.0 Å². The summed E-state index contributed by atoms with van der Waals surface area (Å²) in [6.45, 7) is 2.91. The fraction of sp³-hybridized carbons (Fsp3) is 0.200. The number of fused-ring (bicyclic) bond motifs is 1. The van der Waals surface area contributed by atoms with Gasteiger partial charge in [0.25, 0.3) is 10.0 Å². The number of carbonyl (C=O) groups excluding carboxylic acids is 1. The van der Waals surface area contributed by atoms with E-state index >= 15 is 0 Å². The number of carboxylic acids is 1. The Morgan fingerprint density at radius 1 is 1.20 bits per heavy atom. The molecular weight excluding hydrogens is 431 g/mol. The Balaban J connectivity index is 2.15. The van der Waals surface area contributed by atoms with Crippen molar-refractivity contribution in [2.45, 2.75) is 30.9 Å². The molecule has 3 N–H and O–H groups in total. The van der Waals surface area contributed by atoms with E-state index in [1.54, 1.807) is 6.92 Å². The van der Waals surface area contributed by atoms with Crippen LogP contribution in [0.5, 0.6) is 0 Å². The molecule has 2 aromatic heterocycles. The summed E-state index contributed by atoms with van der Waals surface area (Å²) < 4.78 is 41.3. The predicted octanol–water partition coefficient (Wildman–Crippen LogP) is 3.37. The van der Waals surface area contributed by atoms with E-state index in [9.17, 15) is 22.4 Å². The topological polar surface area (TPSA) is 119 Å². The van der Waals surface area contributed by atoms with Gasteiger partial charge in [0.2, 0.25) is 0 Å². The number of aromatic nitrogens is 1. The van der Waals surface area contributed by atoms with Gasteiger partial charge in [-0.15, -0.1) is 11.3 Å². The predicted molar refractivity (Wildman–Crippen MR) is 112 cm³/mol. The van der Waals surface area contributed by atoms with Gasteiger partial charge in [0, 0.05) is 28.6 Å². The second-order valence-corrected chi connectivity index (χ2v) is 9.87. The maximum absolute atomic E-state index is 13.8. The van der Waals surface area contributed by atoms with Crippen LogP contribution in [-0.4, -0.2) is 29.2 Å². The number of rotatable bonds is 7. The summed E-state index contributed by atoms with van der Waals surface area (Å²) in [4.78, 5) is 23.2. The summed E-state index contributed by atoms with van der Waals surface area (Å²) >= 11 is 0.903. The minimum absolute atomic E-state index is 0.0245. The number of benzene rings is 1. The quantitative estimate of drug-likeness (QED) is 0.533. The molecule has 0 amide bonds. The number of thiophene rings is 1. The Labute approximate surface area is 176 Å². The van der Waals surface area contributed by atoms with Crippen LogP contribution in [0.2, 0.25) is 0 Å². The van der Waals surface area contributed by atoms with Gasteiger partial charge >= 0.3 is 5.97 Å². The molecule has 0 saturated carbocycles. The summed E-state index contributed by atoms with van der Waals surface area (Å²) in [5, 5.41) is 9.28. The molecule has 0 aliphatic rings. The number of Topliss-reactive ketones (excluding diaryl/α,β-unsaturated/α-hetero) is 1. The van der Waals surface area contributed by atoms with Gasteiger partial charge < -0.3 is 10.8 Å². The Morgan fingerprint density at radius 3 is 2.50 bits per heavy atom. The van der Waals surface area contributed by atoms with Crippen LogP contribution in [0.25, 0.3) is 16.5 Å². The average Bonchev–Trinajstić information content (AvgIpc) is 3.25. The van der Waals surface area contributed by atoms with Crippen LogP contribution in [0.4, 0.5) is 4.39 Å². The molecule has 0 spiro atoms. The van der Waals surface area contributed by atoms with Crippen LogP contribution in [-0.2, 0) is 26.0 Å². The first-order valence-corrected chi connectivity index (χ1v) is 11.1. The van der Waals surface area contributed by atoms with Gasteiger partial charge in [-0.3, -0.25) is 9.59 Å². The number of allylic oxidation sites excluding steroid dienone is 2. The van der Waals surface area contributed by atoms with Crippen molar-refractivity contribution in [1.82, 2.24) is 3.97 Å². The number of ketones is 1. The Kier molecular flexibility index (Phi) is 5.82. The van der Waals surface area contributed by atoms with Crippen molar-refractivity contribution in [2.75, 3.05) is 0 Å². The van der Waals surface area contributed by atoms with E-state index in [0.717, 1.165) is 21.4 Å². The first kappa shape index (κ1) is 21.7. The normalized spacial score (nSPS) is 12.8. The average molecular weight is 451 g/mol. The number of aryl methyl sites for hydroxylation is 1. The number of carboxylic acid groups (broad SMARTS) is 1. The molecule has 0 fully saturated rings. The van der Waals surface area contributed by atoms with Gasteiger partial charge in [-0.25, -0.2) is 8.36 Å². The number of hydrogen-bond donors (Lipinski definition) is 2. The number of carbonyl (C=O) groups is 2. The highest BCUT2D eigenvalue weighted by atomic mass is 32.2. The molecule has 10 heteroatoms. The molecule has 0 saturated heterocycles. The third kappa shape index (κ3) is 4.01. The smallest absolute Gasteiger partial charge is 0.303 e. The van der Waals surface area contributed by atoms with Crippen LogP contribution < -0.4 is 5.73 Å². The maximum Gasteiger partial charge on any atom is 0.303 e. The maximum atomic E-state index is 13.8. The number of halogens is 1. The van der Waals surface area contributed by atoms with E-state index in [-0.39, 0.29) is 39.6 Å². The lowest BCUT2D eigenvalue weighted by Gasteiger charge is -2.06. The Hall–Kier alpha value is -2.98. The van der Waals surface area contributed by atoms with Gasteiger partial charge in [-0.2, -0.15) is 8.42 Å². The highest BCUT2D eigenvalue weighted by molar-refractivity contribution is 7.92. The summed E-state index contributed by atoms with van der Waals surface area (Å²) in [6, 6.07) is 6.57. The van der Waals surface area contributed by atoms with Gasteiger partial charge in [0.05, 0.1) is 11.1 Å². The molecule has 0 bridgehead atoms. The van der Waals surface area contributed by atoms with Crippen molar-refractivity contribution in [3.05, 3.63) is 58.5 Å². The zero-order valence-electron chi connectivity index (χ0n) is 16.2. The minimum Gasteiger partial charge on any atom is -0.481 e. The summed E-state index contributed by atoms with van der Waals surface area (Å²) in [5.74, 6) is -1.88. The van der Waals surface area contributed by atoms with Crippen molar-refractivity contribution in [3.63, 3.8) is 0 Å². The van der Waals surface area contributed by atoms with Crippen LogP contribution >= 0.6 is 11.3 Å². The van der Waals surface area contributed by atoms with Crippen LogP contribution in [0.15, 0.2) is 46.4 Å². The summed E-state index contributed by atoms with van der Waals surface area (Å²) in [7, 11) is -4.07. The molecule has 1 aromatic carbocycles. The molecule has 0 radical (unpaired) electrons. The van der Waals surface area contributed by atoms with E-state index in [4.69, 9.17) is 10.8 Å². The zero-order valence-corrected chi connectivity index (χ0v) is 17.8. The molecule has 2 heterocycles. The molecule has 3 aromatic rings. The first-order valence-electron chi connectivity index (χ1n) is 8.86. The third-order valence-corrected chi connectivity index (χ3v) is 7.75. The second kappa shape index (κ2) is 8.04. The van der Waals surface area contributed by atoms with Crippen molar-refractivity contribution in [3.8, 4) is 0 Å². The van der Waals surface area contributed by atoms with Crippen LogP contribution in [0, 0.1) is 5.82 Å². The third-order valence-electron chi connectivity index (χ3n) is 4.51. The highest BCUT2D eigenvalue weighted by Gasteiger charge is 2.25. The van der Waals surface area contributed by atoms with E-state index in [2.05, 4.69) is 0 Å². The van der Waals surface area contributed by atoms with E-state index in [1.807, 2.05) is 0 Å². The highest BCUT2D eigenvalue weighted by Crippen LogP contribution is 2.33. The van der Waals surface area contributed by atoms with Crippen molar-refractivity contribution < 1.29 is 27.5 Å². The van der Waals surface area contributed by atoms with Gasteiger partial charge in [-0.05, 0) is 56.2 Å². The van der Waals surface area contributed by atoms with Crippen molar-refractivity contribution in [2.24, 2.45) is 5.73 Å². The molecular formula is C20H19FN2O5S2. The Bertz CT molecular complexity index is 1300. The van der Waals surface area contributed by atoms with Crippen molar-refractivity contribution >= 4 is 49.6 Å². The fourth-order valence-electron chi connectivity index (χ4n) is 3.21. The lowest BCUT2D eigenvalue weighted by atomic mass is 10.1. The molecule has 158 valence electrons. The van der Waals surface area contributed by atoms with E-state index < -0.39 is 21.8 Å². The zero-order chi connectivity index (χ0) is 22.2. The Morgan fingerprint density at radius 2 is 1.90 bits per heavy atom. The number of aliphatic carboxylic acids is 1. The minimum atomic E-state index is -4.07. The second-order valence-electron chi connectivity index (χ2n) is 6.74. The van der Waals surface area contributed by atoms with E-state index in [1.165, 1.54) is 37.4 Å². The molecule has 0 aliphatic carbocycles. The van der Waals surface area contributed by atoms with Gasteiger partial charge in [0.15, 0.2) is 5.78 Å². The van der Waals surface area contributed by atoms with Crippen LogP contribution in [0.1, 0.15) is 30.7 Å². The fourth-order valence-corrected chi connectivity index (χ4v) is 6.16. The number of hydrogen-bond acceptors (Lipinski definition) is 6. The summed E-state index contributed by atoms with van der Waals surface area (Å²) in [6.07, 6.45) is 1.15. The molecule has 0 unspecified atom stereocenters. The molecule has 3 rings (SSSR count). The monoisotopic (exact) mass is 450 g/mol. The molecule has 0 atom stereocenters. The van der Waals surface area contributed by atoms with Crippen LogP contribution in [0.3, 0.4) is 0 Å². The number of nitrogens with two attached hydrogens (primary N) is 1. The first-order chi connectivity index (χ1) is 14.0. The van der Waals surface area contributed by atoms with E-state index in [0.29, 0.717) is 15.8 Å². The van der Waals surface area contributed by atoms with Crippen molar-refractivity contribution in [1.29, 1.82) is 0 Å². The molecule has 30 heavy (non-hydrogen) atoms.